The molecular weight excluding hydrogens is 368 g/mol. The third kappa shape index (κ3) is 3.29. The largest absolute Gasteiger partial charge is 0.496 e. The van der Waals surface area contributed by atoms with Gasteiger partial charge in [0.05, 0.1) is 25.5 Å². The Labute approximate surface area is 168 Å². The van der Waals surface area contributed by atoms with E-state index in [9.17, 15) is 9.59 Å². The van der Waals surface area contributed by atoms with Crippen LogP contribution in [0.2, 0.25) is 0 Å². The van der Waals surface area contributed by atoms with Crippen LogP contribution in [0.25, 0.3) is 5.57 Å². The molecule has 146 valence electrons. The van der Waals surface area contributed by atoms with Crippen LogP contribution in [0.3, 0.4) is 0 Å². The van der Waals surface area contributed by atoms with Gasteiger partial charge in [-0.25, -0.2) is 0 Å². The van der Waals surface area contributed by atoms with E-state index < -0.39 is 0 Å². The lowest BCUT2D eigenvalue weighted by Gasteiger charge is -2.21. The molecular formula is C23H20N2O4. The number of imide groups is 1. The van der Waals surface area contributed by atoms with Crippen LogP contribution in [0.15, 0.2) is 83.1 Å². The zero-order valence-electron chi connectivity index (χ0n) is 16.2. The van der Waals surface area contributed by atoms with Crippen LogP contribution in [0.5, 0.6) is 5.75 Å². The second-order valence-corrected chi connectivity index (χ2v) is 6.59. The molecule has 2 amide bonds. The van der Waals surface area contributed by atoms with Gasteiger partial charge in [0.2, 0.25) is 0 Å². The van der Waals surface area contributed by atoms with E-state index in [1.54, 1.807) is 43.3 Å². The maximum absolute atomic E-state index is 13.4. The highest BCUT2D eigenvalue weighted by Gasteiger charge is 2.42. The lowest BCUT2D eigenvalue weighted by atomic mass is 10.0. The number of nitrogens with zero attached hydrogens (tertiary/aromatic N) is 2. The number of methoxy groups -OCH3 is 1. The third-order valence-corrected chi connectivity index (χ3v) is 4.89. The highest BCUT2D eigenvalue weighted by molar-refractivity contribution is 6.37. The number of ether oxygens (including phenoxy) is 1. The summed E-state index contributed by atoms with van der Waals surface area (Å²) in [5.74, 6) is 0.310. The number of hydrogen-bond donors (Lipinski definition) is 0. The van der Waals surface area contributed by atoms with Crippen molar-refractivity contribution < 1.29 is 18.7 Å². The summed E-state index contributed by atoms with van der Waals surface area (Å²) in [5, 5.41) is 0. The van der Waals surface area contributed by atoms with Crippen molar-refractivity contribution in [2.45, 2.75) is 6.54 Å². The fourth-order valence-corrected chi connectivity index (χ4v) is 3.45. The van der Waals surface area contributed by atoms with Crippen molar-refractivity contribution in [2.24, 2.45) is 0 Å². The highest BCUT2D eigenvalue weighted by atomic mass is 16.5. The van der Waals surface area contributed by atoms with Crippen molar-refractivity contribution in [1.82, 2.24) is 4.90 Å². The Hall–Kier alpha value is -3.80. The van der Waals surface area contributed by atoms with Gasteiger partial charge in [0.1, 0.15) is 17.2 Å². The first-order valence-electron chi connectivity index (χ1n) is 9.17. The molecule has 0 spiro atoms. The summed E-state index contributed by atoms with van der Waals surface area (Å²) in [6.07, 6.45) is 1.52. The number of furan rings is 1. The number of para-hydroxylation sites is 2. The topological polar surface area (TPSA) is 63.0 Å². The minimum atomic E-state index is -0.381. The minimum absolute atomic E-state index is 0.0649. The predicted octanol–water partition coefficient (Wildman–Crippen LogP) is 3.70. The van der Waals surface area contributed by atoms with Crippen molar-refractivity contribution in [1.29, 1.82) is 0 Å². The molecule has 4 rings (SSSR count). The van der Waals surface area contributed by atoms with E-state index in [-0.39, 0.29) is 18.4 Å². The standard InChI is InChI=1S/C23H20N2O4/c1-24(16-9-4-3-5-10-16)21-20(18-12-6-7-13-19(18)28-2)22(26)25(23(21)27)15-17-11-8-14-29-17/h3-14H,15H2,1-2H3. The third-order valence-electron chi connectivity index (χ3n) is 4.89. The number of amides is 2. The molecule has 0 unspecified atom stereocenters. The summed E-state index contributed by atoms with van der Waals surface area (Å²) in [6, 6.07) is 20.1. The molecule has 2 aromatic carbocycles. The quantitative estimate of drug-likeness (QED) is 0.603. The predicted molar refractivity (Wildman–Crippen MR) is 109 cm³/mol. The molecule has 6 heteroatoms. The lowest BCUT2D eigenvalue weighted by molar-refractivity contribution is -0.137. The SMILES string of the molecule is COc1ccccc1C1=C(N(C)c2ccccc2)C(=O)N(Cc2ccco2)C1=O. The van der Waals surface area contributed by atoms with E-state index in [1.165, 1.54) is 11.2 Å². The van der Waals surface area contributed by atoms with Crippen molar-refractivity contribution in [3.8, 4) is 5.75 Å². The monoisotopic (exact) mass is 388 g/mol. The van der Waals surface area contributed by atoms with Gasteiger partial charge in [-0.1, -0.05) is 36.4 Å². The smallest absolute Gasteiger partial charge is 0.278 e. The summed E-state index contributed by atoms with van der Waals surface area (Å²) < 4.78 is 10.8. The van der Waals surface area contributed by atoms with Crippen LogP contribution >= 0.6 is 0 Å². The van der Waals surface area contributed by atoms with Crippen LogP contribution in [0, 0.1) is 0 Å². The molecule has 1 aliphatic rings. The number of benzene rings is 2. The van der Waals surface area contributed by atoms with Gasteiger partial charge in [-0.2, -0.15) is 0 Å². The molecule has 29 heavy (non-hydrogen) atoms. The average molecular weight is 388 g/mol. The van der Waals surface area contributed by atoms with Gasteiger partial charge in [0.25, 0.3) is 11.8 Å². The molecule has 0 fully saturated rings. The summed E-state index contributed by atoms with van der Waals surface area (Å²) in [5.41, 5.74) is 1.99. The molecule has 1 aromatic heterocycles. The molecule has 0 atom stereocenters. The van der Waals surface area contributed by atoms with E-state index in [0.29, 0.717) is 28.3 Å². The first kappa shape index (κ1) is 18.6. The maximum atomic E-state index is 13.4. The Morgan fingerprint density at radius 2 is 1.66 bits per heavy atom. The van der Waals surface area contributed by atoms with Gasteiger partial charge in [-0.05, 0) is 30.3 Å². The highest BCUT2D eigenvalue weighted by Crippen LogP contribution is 2.37. The Bertz CT molecular complexity index is 1070. The Morgan fingerprint density at radius 3 is 2.34 bits per heavy atom. The summed E-state index contributed by atoms with van der Waals surface area (Å²) in [4.78, 5) is 29.7. The minimum Gasteiger partial charge on any atom is -0.496 e. The van der Waals surface area contributed by atoms with Crippen molar-refractivity contribution in [3.63, 3.8) is 0 Å². The zero-order valence-corrected chi connectivity index (χ0v) is 16.2. The molecule has 0 aliphatic carbocycles. The van der Waals surface area contributed by atoms with Gasteiger partial charge < -0.3 is 14.1 Å². The number of hydrogen-bond acceptors (Lipinski definition) is 5. The normalized spacial score (nSPS) is 13.9. The maximum Gasteiger partial charge on any atom is 0.278 e. The molecule has 6 nitrogen and oxygen atoms in total. The van der Waals surface area contributed by atoms with E-state index in [2.05, 4.69) is 0 Å². The number of rotatable bonds is 6. The number of likely N-dealkylation sites (N-methyl/N-ethyl adjacent to an activating group) is 1. The van der Waals surface area contributed by atoms with Gasteiger partial charge >= 0.3 is 0 Å². The number of carbonyl (C=O) groups excluding carboxylic acids is 2. The molecule has 0 N–H and O–H groups in total. The molecule has 3 aromatic rings. The Balaban J connectivity index is 1.85. The Morgan fingerprint density at radius 1 is 0.931 bits per heavy atom. The van der Waals surface area contributed by atoms with Gasteiger partial charge in [0, 0.05) is 18.3 Å². The summed E-state index contributed by atoms with van der Waals surface area (Å²) in [7, 11) is 3.32. The Kier molecular flexibility index (Phi) is 4.91. The van der Waals surface area contributed by atoms with Crippen LogP contribution in [-0.2, 0) is 16.1 Å². The fourth-order valence-electron chi connectivity index (χ4n) is 3.45. The average Bonchev–Trinajstić information content (AvgIpc) is 3.36. The second-order valence-electron chi connectivity index (χ2n) is 6.59. The van der Waals surface area contributed by atoms with Crippen LogP contribution < -0.4 is 9.64 Å². The van der Waals surface area contributed by atoms with Crippen molar-refractivity contribution in [2.75, 3.05) is 19.1 Å². The van der Waals surface area contributed by atoms with E-state index in [0.717, 1.165) is 5.69 Å². The number of carbonyl (C=O) groups is 2. The molecule has 2 heterocycles. The second kappa shape index (κ2) is 7.67. The molecule has 0 saturated carbocycles. The molecule has 0 bridgehead atoms. The molecule has 0 radical (unpaired) electrons. The molecule has 1 aliphatic heterocycles. The van der Waals surface area contributed by atoms with Crippen LogP contribution in [0.1, 0.15) is 11.3 Å². The molecule has 0 saturated heterocycles. The van der Waals surface area contributed by atoms with E-state index in [4.69, 9.17) is 9.15 Å². The summed E-state index contributed by atoms with van der Waals surface area (Å²) in [6.45, 7) is 0.0649. The van der Waals surface area contributed by atoms with Gasteiger partial charge in [-0.15, -0.1) is 0 Å². The number of anilines is 1. The first-order valence-corrected chi connectivity index (χ1v) is 9.17. The first-order chi connectivity index (χ1) is 14.1. The summed E-state index contributed by atoms with van der Waals surface area (Å²) >= 11 is 0. The fraction of sp³-hybridized carbons (Fsp3) is 0.130. The van der Waals surface area contributed by atoms with Crippen LogP contribution in [0.4, 0.5) is 5.69 Å². The van der Waals surface area contributed by atoms with E-state index in [1.807, 2.05) is 42.5 Å². The zero-order chi connectivity index (χ0) is 20.4. The van der Waals surface area contributed by atoms with Crippen molar-refractivity contribution >= 4 is 23.1 Å². The van der Waals surface area contributed by atoms with Gasteiger partial charge in [0.15, 0.2) is 0 Å². The van der Waals surface area contributed by atoms with Gasteiger partial charge in [-0.3, -0.25) is 14.5 Å². The van der Waals surface area contributed by atoms with Crippen molar-refractivity contribution in [3.05, 3.63) is 90.0 Å². The lowest BCUT2D eigenvalue weighted by Crippen LogP contribution is -2.33. The van der Waals surface area contributed by atoms with Crippen LogP contribution in [-0.4, -0.2) is 30.9 Å². The van der Waals surface area contributed by atoms with E-state index >= 15 is 0 Å².